The number of nitrogens with one attached hydrogen (secondary N) is 1. The fraction of sp³-hybridized carbons (Fsp3) is 0. The standard InChI is InChI=1S/C12H9Cl2N3O2/c13-6-3-7(14)5-8(4-6)17-11-10(15)9(12(18)19)1-2-16-11/h1-5H,15H2,(H,16,17)(H,18,19). The molecule has 0 amide bonds. The Morgan fingerprint density at radius 1 is 1.26 bits per heavy atom. The first-order valence-corrected chi connectivity index (χ1v) is 5.94. The smallest absolute Gasteiger partial charge is 0.337 e. The van der Waals surface area contributed by atoms with Crippen molar-refractivity contribution in [2.24, 2.45) is 0 Å². The summed E-state index contributed by atoms with van der Waals surface area (Å²) in [6.45, 7) is 0. The fourth-order valence-electron chi connectivity index (χ4n) is 1.52. The molecule has 7 heteroatoms. The lowest BCUT2D eigenvalue weighted by Gasteiger charge is -2.10. The minimum atomic E-state index is -1.12. The molecule has 0 aliphatic rings. The van der Waals surface area contributed by atoms with E-state index in [1.54, 1.807) is 18.2 Å². The van der Waals surface area contributed by atoms with Crippen molar-refractivity contribution >= 4 is 46.4 Å². The van der Waals surface area contributed by atoms with Crippen LogP contribution in [0.5, 0.6) is 0 Å². The van der Waals surface area contributed by atoms with Gasteiger partial charge >= 0.3 is 5.97 Å². The van der Waals surface area contributed by atoms with E-state index in [1.807, 2.05) is 0 Å². The maximum absolute atomic E-state index is 11.0. The number of benzene rings is 1. The van der Waals surface area contributed by atoms with Gasteiger partial charge in [-0.1, -0.05) is 23.2 Å². The molecule has 0 fully saturated rings. The van der Waals surface area contributed by atoms with E-state index in [-0.39, 0.29) is 17.1 Å². The van der Waals surface area contributed by atoms with Crippen LogP contribution in [0.15, 0.2) is 30.5 Å². The monoisotopic (exact) mass is 297 g/mol. The van der Waals surface area contributed by atoms with Crippen LogP contribution in [-0.4, -0.2) is 16.1 Å². The van der Waals surface area contributed by atoms with Crippen molar-refractivity contribution in [2.45, 2.75) is 0 Å². The summed E-state index contributed by atoms with van der Waals surface area (Å²) in [5.41, 5.74) is 6.33. The zero-order valence-corrected chi connectivity index (χ0v) is 11.0. The third kappa shape index (κ3) is 3.07. The van der Waals surface area contributed by atoms with Crippen LogP contribution in [0.1, 0.15) is 10.4 Å². The van der Waals surface area contributed by atoms with Gasteiger partial charge in [-0.05, 0) is 24.3 Å². The number of nitrogens with two attached hydrogens (primary N) is 1. The third-order valence-electron chi connectivity index (χ3n) is 2.35. The van der Waals surface area contributed by atoms with Crippen molar-refractivity contribution in [1.29, 1.82) is 0 Å². The molecule has 0 aliphatic carbocycles. The number of pyridine rings is 1. The van der Waals surface area contributed by atoms with Crippen LogP contribution in [0, 0.1) is 0 Å². The molecular formula is C12H9Cl2N3O2. The number of nitrogens with zero attached hydrogens (tertiary/aromatic N) is 1. The predicted octanol–water partition coefficient (Wildman–Crippen LogP) is 3.41. The number of rotatable bonds is 3. The molecule has 0 aliphatic heterocycles. The molecule has 2 rings (SSSR count). The Bertz CT molecular complexity index is 627. The number of carboxylic acid groups (broad SMARTS) is 1. The first-order valence-electron chi connectivity index (χ1n) is 5.18. The molecule has 98 valence electrons. The molecule has 0 atom stereocenters. The molecule has 0 radical (unpaired) electrons. The number of carboxylic acids is 1. The van der Waals surface area contributed by atoms with Gasteiger partial charge in [0.1, 0.15) is 0 Å². The lowest BCUT2D eigenvalue weighted by Crippen LogP contribution is -2.07. The van der Waals surface area contributed by atoms with Crippen LogP contribution >= 0.6 is 23.2 Å². The van der Waals surface area contributed by atoms with Crippen LogP contribution in [0.2, 0.25) is 10.0 Å². The summed E-state index contributed by atoms with van der Waals surface area (Å²) in [7, 11) is 0. The Morgan fingerprint density at radius 3 is 2.47 bits per heavy atom. The van der Waals surface area contributed by atoms with Gasteiger partial charge in [0.25, 0.3) is 0 Å². The maximum atomic E-state index is 11.0. The van der Waals surface area contributed by atoms with Gasteiger partial charge in [-0.2, -0.15) is 0 Å². The Morgan fingerprint density at radius 2 is 1.89 bits per heavy atom. The average Bonchev–Trinajstić information content (AvgIpc) is 2.30. The Labute approximate surface area is 119 Å². The van der Waals surface area contributed by atoms with E-state index in [1.165, 1.54) is 12.3 Å². The molecule has 0 saturated carbocycles. The van der Waals surface area contributed by atoms with Crippen LogP contribution < -0.4 is 11.1 Å². The topological polar surface area (TPSA) is 88.2 Å². The molecule has 5 nitrogen and oxygen atoms in total. The van der Waals surface area contributed by atoms with Crippen LogP contribution in [0.3, 0.4) is 0 Å². The second-order valence-electron chi connectivity index (χ2n) is 3.71. The summed E-state index contributed by atoms with van der Waals surface area (Å²) in [6.07, 6.45) is 1.36. The summed E-state index contributed by atoms with van der Waals surface area (Å²) >= 11 is 11.7. The van der Waals surface area contributed by atoms with Gasteiger partial charge < -0.3 is 16.2 Å². The highest BCUT2D eigenvalue weighted by Crippen LogP contribution is 2.28. The van der Waals surface area contributed by atoms with Gasteiger partial charge in [0.2, 0.25) is 0 Å². The lowest BCUT2D eigenvalue weighted by molar-refractivity contribution is 0.0698. The lowest BCUT2D eigenvalue weighted by atomic mass is 10.2. The Balaban J connectivity index is 2.38. The molecule has 0 unspecified atom stereocenters. The van der Waals surface area contributed by atoms with E-state index in [9.17, 15) is 4.79 Å². The van der Waals surface area contributed by atoms with Gasteiger partial charge in [0, 0.05) is 21.9 Å². The van der Waals surface area contributed by atoms with E-state index in [0.29, 0.717) is 15.7 Å². The third-order valence-corrected chi connectivity index (χ3v) is 2.78. The second kappa shape index (κ2) is 5.34. The van der Waals surface area contributed by atoms with Crippen molar-refractivity contribution in [1.82, 2.24) is 4.98 Å². The van der Waals surface area contributed by atoms with Gasteiger partial charge in [-0.15, -0.1) is 0 Å². The first kappa shape index (κ1) is 13.5. The first-order chi connectivity index (χ1) is 8.97. The van der Waals surface area contributed by atoms with Gasteiger partial charge in [-0.3, -0.25) is 0 Å². The SMILES string of the molecule is Nc1c(C(=O)O)ccnc1Nc1cc(Cl)cc(Cl)c1. The van der Waals surface area contributed by atoms with Crippen LogP contribution in [-0.2, 0) is 0 Å². The zero-order chi connectivity index (χ0) is 14.0. The van der Waals surface area contributed by atoms with Gasteiger partial charge in [-0.25, -0.2) is 9.78 Å². The normalized spacial score (nSPS) is 10.2. The number of halogens is 2. The van der Waals surface area contributed by atoms with Crippen molar-refractivity contribution in [3.63, 3.8) is 0 Å². The quantitative estimate of drug-likeness (QED) is 0.808. The van der Waals surface area contributed by atoms with Gasteiger partial charge in [0.05, 0.1) is 11.3 Å². The van der Waals surface area contributed by atoms with E-state index in [4.69, 9.17) is 34.0 Å². The minimum Gasteiger partial charge on any atom is -0.478 e. The number of carbonyl (C=O) groups is 1. The van der Waals surface area contributed by atoms with Crippen LogP contribution in [0.4, 0.5) is 17.2 Å². The number of hydrogen-bond donors (Lipinski definition) is 3. The molecule has 2 aromatic rings. The second-order valence-corrected chi connectivity index (χ2v) is 4.58. The number of nitrogen functional groups attached to an aromatic ring is 1. The number of hydrogen-bond acceptors (Lipinski definition) is 4. The molecular weight excluding hydrogens is 289 g/mol. The highest BCUT2D eigenvalue weighted by atomic mass is 35.5. The van der Waals surface area contributed by atoms with Crippen LogP contribution in [0.25, 0.3) is 0 Å². The molecule has 1 aromatic carbocycles. The van der Waals surface area contributed by atoms with Crippen molar-refractivity contribution in [3.05, 3.63) is 46.1 Å². The molecule has 19 heavy (non-hydrogen) atoms. The number of aromatic nitrogens is 1. The van der Waals surface area contributed by atoms with E-state index in [2.05, 4.69) is 10.3 Å². The van der Waals surface area contributed by atoms with Crippen molar-refractivity contribution in [2.75, 3.05) is 11.1 Å². The molecule has 4 N–H and O–H groups in total. The maximum Gasteiger partial charge on any atom is 0.337 e. The summed E-state index contributed by atoms with van der Waals surface area (Å²) in [5, 5.41) is 12.7. The number of anilines is 3. The van der Waals surface area contributed by atoms with Crippen molar-refractivity contribution < 1.29 is 9.90 Å². The van der Waals surface area contributed by atoms with E-state index < -0.39 is 5.97 Å². The number of aromatic carboxylic acids is 1. The molecule has 1 aromatic heterocycles. The highest BCUT2D eigenvalue weighted by molar-refractivity contribution is 6.35. The van der Waals surface area contributed by atoms with Crippen molar-refractivity contribution in [3.8, 4) is 0 Å². The van der Waals surface area contributed by atoms with Gasteiger partial charge in [0.15, 0.2) is 5.82 Å². The highest BCUT2D eigenvalue weighted by Gasteiger charge is 2.12. The Hall–Kier alpha value is -1.98. The molecule has 0 bridgehead atoms. The molecule has 0 saturated heterocycles. The summed E-state index contributed by atoms with van der Waals surface area (Å²) < 4.78 is 0. The van der Waals surface area contributed by atoms with E-state index in [0.717, 1.165) is 0 Å². The van der Waals surface area contributed by atoms with E-state index >= 15 is 0 Å². The largest absolute Gasteiger partial charge is 0.478 e. The Kier molecular flexibility index (Phi) is 3.78. The fourth-order valence-corrected chi connectivity index (χ4v) is 2.05. The summed E-state index contributed by atoms with van der Waals surface area (Å²) in [5.74, 6) is -0.884. The average molecular weight is 298 g/mol. The minimum absolute atomic E-state index is 0.0226. The predicted molar refractivity (Wildman–Crippen MR) is 75.4 cm³/mol. The zero-order valence-electron chi connectivity index (χ0n) is 9.52. The summed E-state index contributed by atoms with van der Waals surface area (Å²) in [6, 6.07) is 6.16. The molecule has 0 spiro atoms. The molecule has 1 heterocycles. The summed E-state index contributed by atoms with van der Waals surface area (Å²) in [4.78, 5) is 14.9.